The maximum atomic E-state index is 12.0. The first-order valence-corrected chi connectivity index (χ1v) is 8.70. The van der Waals surface area contributed by atoms with E-state index in [0.717, 1.165) is 25.8 Å². The molecule has 2 atom stereocenters. The summed E-state index contributed by atoms with van der Waals surface area (Å²) in [6, 6.07) is 8.82. The van der Waals surface area contributed by atoms with E-state index in [0.29, 0.717) is 0 Å². The number of fused-ring (bicyclic) bond motifs is 1. The summed E-state index contributed by atoms with van der Waals surface area (Å²) in [7, 11) is 0. The van der Waals surface area contributed by atoms with Crippen molar-refractivity contribution in [1.29, 1.82) is 0 Å². The predicted molar refractivity (Wildman–Crippen MR) is 95.9 cm³/mol. The van der Waals surface area contributed by atoms with E-state index in [1.165, 1.54) is 16.5 Å². The molecule has 0 spiro atoms. The van der Waals surface area contributed by atoms with Crippen LogP contribution >= 0.6 is 0 Å². The van der Waals surface area contributed by atoms with Gasteiger partial charge in [0, 0.05) is 30.3 Å². The van der Waals surface area contributed by atoms with Crippen LogP contribution in [-0.4, -0.2) is 28.8 Å². The largest absolute Gasteiger partial charge is 0.444 e. The normalized spacial score (nSPS) is 21.1. The Morgan fingerprint density at radius 2 is 2.04 bits per heavy atom. The molecule has 0 aliphatic heterocycles. The molecule has 130 valence electrons. The van der Waals surface area contributed by atoms with E-state index in [1.807, 2.05) is 27.0 Å². The Balaban J connectivity index is 1.58. The van der Waals surface area contributed by atoms with Gasteiger partial charge in [0.25, 0.3) is 0 Å². The number of nitrogens with one attached hydrogen (secondary N) is 3. The molecule has 0 saturated heterocycles. The van der Waals surface area contributed by atoms with Crippen LogP contribution in [0.4, 0.5) is 4.79 Å². The Bertz CT molecular complexity index is 702. The third-order valence-electron chi connectivity index (χ3n) is 4.45. The number of benzene rings is 1. The van der Waals surface area contributed by atoms with E-state index in [9.17, 15) is 4.79 Å². The number of hydrogen-bond acceptors (Lipinski definition) is 3. The molecule has 5 nitrogen and oxygen atoms in total. The van der Waals surface area contributed by atoms with E-state index >= 15 is 0 Å². The summed E-state index contributed by atoms with van der Waals surface area (Å²) in [6.45, 7) is 6.44. The van der Waals surface area contributed by atoms with Crippen LogP contribution in [-0.2, 0) is 11.3 Å². The molecule has 24 heavy (non-hydrogen) atoms. The van der Waals surface area contributed by atoms with Crippen molar-refractivity contribution in [2.45, 2.75) is 64.3 Å². The van der Waals surface area contributed by atoms with Crippen molar-refractivity contribution in [2.24, 2.45) is 0 Å². The van der Waals surface area contributed by atoms with Gasteiger partial charge in [-0.05, 0) is 57.0 Å². The number of carbonyl (C=O) groups is 1. The van der Waals surface area contributed by atoms with E-state index in [-0.39, 0.29) is 18.2 Å². The zero-order valence-electron chi connectivity index (χ0n) is 14.7. The van der Waals surface area contributed by atoms with Gasteiger partial charge in [0.05, 0.1) is 0 Å². The number of amides is 1. The summed E-state index contributed by atoms with van der Waals surface area (Å²) in [5.41, 5.74) is 1.97. The highest BCUT2D eigenvalue weighted by Crippen LogP contribution is 2.22. The topological polar surface area (TPSA) is 66.2 Å². The lowest BCUT2D eigenvalue weighted by Gasteiger charge is -2.25. The lowest BCUT2D eigenvalue weighted by molar-refractivity contribution is 0.0498. The van der Waals surface area contributed by atoms with Gasteiger partial charge in [-0.15, -0.1) is 0 Å². The van der Waals surface area contributed by atoms with Gasteiger partial charge >= 0.3 is 6.09 Å². The van der Waals surface area contributed by atoms with Gasteiger partial charge in [-0.2, -0.15) is 0 Å². The summed E-state index contributed by atoms with van der Waals surface area (Å²) < 4.78 is 5.38. The van der Waals surface area contributed by atoms with Gasteiger partial charge in [-0.3, -0.25) is 0 Å². The van der Waals surface area contributed by atoms with Crippen LogP contribution in [0, 0.1) is 0 Å². The number of alkyl carbamates (subject to hydrolysis) is 1. The molecule has 3 rings (SSSR count). The highest BCUT2D eigenvalue weighted by atomic mass is 16.6. The number of aromatic nitrogens is 1. The SMILES string of the molecule is CC(C)(C)OC(=O)NC1CCCC1NCc1cccc2cc[nH]c12. The Labute approximate surface area is 143 Å². The molecule has 1 saturated carbocycles. The second kappa shape index (κ2) is 6.85. The molecule has 1 aromatic carbocycles. The van der Waals surface area contributed by atoms with Crippen LogP contribution in [0.5, 0.6) is 0 Å². The summed E-state index contributed by atoms with van der Waals surface area (Å²) in [6.07, 6.45) is 4.82. The zero-order valence-corrected chi connectivity index (χ0v) is 14.7. The molecular weight excluding hydrogens is 302 g/mol. The Morgan fingerprint density at radius 3 is 2.83 bits per heavy atom. The molecule has 1 amide bonds. The van der Waals surface area contributed by atoms with Crippen molar-refractivity contribution in [3.05, 3.63) is 36.0 Å². The summed E-state index contributed by atoms with van der Waals surface area (Å²) in [4.78, 5) is 15.3. The number of rotatable bonds is 4. The van der Waals surface area contributed by atoms with E-state index in [2.05, 4.69) is 39.9 Å². The molecule has 2 aromatic rings. The lowest BCUT2D eigenvalue weighted by atomic mass is 10.1. The summed E-state index contributed by atoms with van der Waals surface area (Å²) >= 11 is 0. The predicted octanol–water partition coefficient (Wildman–Crippen LogP) is 3.70. The number of hydrogen-bond donors (Lipinski definition) is 3. The second-order valence-electron chi connectivity index (χ2n) is 7.53. The van der Waals surface area contributed by atoms with Crippen molar-refractivity contribution < 1.29 is 9.53 Å². The third-order valence-corrected chi connectivity index (χ3v) is 4.45. The average molecular weight is 329 g/mol. The van der Waals surface area contributed by atoms with Crippen molar-refractivity contribution in [3.63, 3.8) is 0 Å². The van der Waals surface area contributed by atoms with Gasteiger partial charge in [-0.25, -0.2) is 4.79 Å². The highest BCUT2D eigenvalue weighted by molar-refractivity contribution is 5.82. The van der Waals surface area contributed by atoms with Gasteiger partial charge in [-0.1, -0.05) is 18.2 Å². The van der Waals surface area contributed by atoms with Gasteiger partial charge < -0.3 is 20.4 Å². The quantitative estimate of drug-likeness (QED) is 0.801. The number of para-hydroxylation sites is 1. The number of H-pyrrole nitrogens is 1. The maximum Gasteiger partial charge on any atom is 0.407 e. The zero-order chi connectivity index (χ0) is 17.2. The number of carbonyl (C=O) groups excluding carboxylic acids is 1. The minimum Gasteiger partial charge on any atom is -0.444 e. The first kappa shape index (κ1) is 16.8. The van der Waals surface area contributed by atoms with Crippen LogP contribution in [0.1, 0.15) is 45.6 Å². The molecule has 1 aromatic heterocycles. The monoisotopic (exact) mass is 329 g/mol. The number of aromatic amines is 1. The molecule has 0 bridgehead atoms. The van der Waals surface area contributed by atoms with E-state index < -0.39 is 5.60 Å². The molecule has 1 fully saturated rings. The van der Waals surface area contributed by atoms with Gasteiger partial charge in [0.1, 0.15) is 5.60 Å². The molecular formula is C19H27N3O2. The molecule has 1 aliphatic carbocycles. The first-order chi connectivity index (χ1) is 11.4. The average Bonchev–Trinajstić information content (AvgIpc) is 3.12. The van der Waals surface area contributed by atoms with Crippen LogP contribution in [0.3, 0.4) is 0 Å². The second-order valence-corrected chi connectivity index (χ2v) is 7.53. The molecule has 5 heteroatoms. The van der Waals surface area contributed by atoms with Crippen molar-refractivity contribution >= 4 is 17.0 Å². The molecule has 2 unspecified atom stereocenters. The summed E-state index contributed by atoms with van der Waals surface area (Å²) in [5.74, 6) is 0. The Morgan fingerprint density at radius 1 is 1.25 bits per heavy atom. The van der Waals surface area contributed by atoms with Crippen LogP contribution in [0.2, 0.25) is 0 Å². The minimum absolute atomic E-state index is 0.127. The first-order valence-electron chi connectivity index (χ1n) is 8.70. The molecule has 0 radical (unpaired) electrons. The van der Waals surface area contributed by atoms with Crippen LogP contribution < -0.4 is 10.6 Å². The Kier molecular flexibility index (Phi) is 4.81. The van der Waals surface area contributed by atoms with Gasteiger partial charge in [0.15, 0.2) is 0 Å². The van der Waals surface area contributed by atoms with Crippen molar-refractivity contribution in [1.82, 2.24) is 15.6 Å². The third kappa shape index (κ3) is 4.09. The molecule has 1 heterocycles. The number of ether oxygens (including phenoxy) is 1. The van der Waals surface area contributed by atoms with Crippen molar-refractivity contribution in [3.8, 4) is 0 Å². The van der Waals surface area contributed by atoms with E-state index in [1.54, 1.807) is 0 Å². The fourth-order valence-electron chi connectivity index (χ4n) is 3.37. The van der Waals surface area contributed by atoms with Crippen LogP contribution in [0.25, 0.3) is 10.9 Å². The van der Waals surface area contributed by atoms with Crippen molar-refractivity contribution in [2.75, 3.05) is 0 Å². The summed E-state index contributed by atoms with van der Waals surface area (Å²) in [5, 5.41) is 7.86. The maximum absolute atomic E-state index is 12.0. The smallest absolute Gasteiger partial charge is 0.407 e. The molecule has 1 aliphatic rings. The van der Waals surface area contributed by atoms with Crippen LogP contribution in [0.15, 0.2) is 30.5 Å². The highest BCUT2D eigenvalue weighted by Gasteiger charge is 2.29. The standard InChI is InChI=1S/C19H27N3O2/c1-19(2,3)24-18(23)22-16-9-5-8-15(16)21-12-14-7-4-6-13-10-11-20-17(13)14/h4,6-7,10-11,15-16,20-21H,5,8-9,12H2,1-3H3,(H,22,23). The fourth-order valence-corrected chi connectivity index (χ4v) is 3.37. The molecule has 3 N–H and O–H groups in total. The minimum atomic E-state index is -0.463. The van der Waals surface area contributed by atoms with E-state index in [4.69, 9.17) is 4.74 Å². The lowest BCUT2D eigenvalue weighted by Crippen LogP contribution is -2.47. The van der Waals surface area contributed by atoms with Gasteiger partial charge in [0.2, 0.25) is 0 Å². The fraction of sp³-hybridized carbons (Fsp3) is 0.526. The Hall–Kier alpha value is -2.01.